The number of phenols is 1. The maximum absolute atomic E-state index is 12.0. The van der Waals surface area contributed by atoms with E-state index < -0.39 is 0 Å². The van der Waals surface area contributed by atoms with Gasteiger partial charge in [0.1, 0.15) is 5.75 Å². The van der Waals surface area contributed by atoms with Crippen molar-refractivity contribution in [3.63, 3.8) is 0 Å². The Bertz CT molecular complexity index is 393. The number of carbonyl (C=O) groups is 1. The highest BCUT2D eigenvalue weighted by atomic mass is 16.3. The van der Waals surface area contributed by atoms with Crippen molar-refractivity contribution in [2.75, 3.05) is 6.54 Å². The standard InChI is InChI=1S/C15H23NO2/c1-11(2)15(3,4)14(18)16-10-9-12-5-7-13(17)8-6-12/h5-8,11,17H,9-10H2,1-4H3,(H,16,18). The van der Waals surface area contributed by atoms with Gasteiger partial charge in [-0.1, -0.05) is 39.8 Å². The Hall–Kier alpha value is -1.51. The predicted octanol–water partition coefficient (Wildman–Crippen LogP) is 2.73. The lowest BCUT2D eigenvalue weighted by atomic mass is 9.80. The first-order valence-electron chi connectivity index (χ1n) is 6.40. The largest absolute Gasteiger partial charge is 0.508 e. The first-order valence-corrected chi connectivity index (χ1v) is 6.40. The molecule has 0 aliphatic heterocycles. The molecule has 1 aromatic carbocycles. The van der Waals surface area contributed by atoms with Crippen LogP contribution in [0.4, 0.5) is 0 Å². The number of aromatic hydroxyl groups is 1. The molecule has 18 heavy (non-hydrogen) atoms. The molecule has 100 valence electrons. The first-order chi connectivity index (χ1) is 8.34. The third-order valence-corrected chi connectivity index (χ3v) is 3.66. The van der Waals surface area contributed by atoms with Gasteiger partial charge < -0.3 is 10.4 Å². The van der Waals surface area contributed by atoms with Gasteiger partial charge in [-0.2, -0.15) is 0 Å². The molecule has 3 heteroatoms. The molecule has 0 radical (unpaired) electrons. The average molecular weight is 249 g/mol. The molecule has 0 bridgehead atoms. The molecule has 1 amide bonds. The number of rotatable bonds is 5. The predicted molar refractivity (Wildman–Crippen MR) is 73.4 cm³/mol. The zero-order chi connectivity index (χ0) is 13.8. The lowest BCUT2D eigenvalue weighted by Crippen LogP contribution is -2.41. The maximum Gasteiger partial charge on any atom is 0.225 e. The van der Waals surface area contributed by atoms with Crippen LogP contribution in [0.2, 0.25) is 0 Å². The molecule has 2 N–H and O–H groups in total. The topological polar surface area (TPSA) is 49.3 Å². The Labute approximate surface area is 109 Å². The molecule has 1 aromatic rings. The number of hydrogen-bond donors (Lipinski definition) is 2. The molecular weight excluding hydrogens is 226 g/mol. The minimum atomic E-state index is -0.338. The van der Waals surface area contributed by atoms with E-state index in [1.807, 2.05) is 26.0 Å². The third kappa shape index (κ3) is 3.76. The van der Waals surface area contributed by atoms with E-state index in [0.29, 0.717) is 12.5 Å². The van der Waals surface area contributed by atoms with Crippen LogP contribution in [0, 0.1) is 11.3 Å². The van der Waals surface area contributed by atoms with Crippen LogP contribution in [0.3, 0.4) is 0 Å². The van der Waals surface area contributed by atoms with E-state index in [1.165, 1.54) is 0 Å². The average Bonchev–Trinajstić information content (AvgIpc) is 2.31. The van der Waals surface area contributed by atoms with Crippen molar-refractivity contribution >= 4 is 5.91 Å². The van der Waals surface area contributed by atoms with Crippen LogP contribution in [-0.2, 0) is 11.2 Å². The summed E-state index contributed by atoms with van der Waals surface area (Å²) >= 11 is 0. The van der Waals surface area contributed by atoms with Gasteiger partial charge in [-0.05, 0) is 30.0 Å². The monoisotopic (exact) mass is 249 g/mol. The first kappa shape index (κ1) is 14.6. The highest BCUT2D eigenvalue weighted by molar-refractivity contribution is 5.82. The van der Waals surface area contributed by atoms with Gasteiger partial charge in [-0.25, -0.2) is 0 Å². The lowest BCUT2D eigenvalue weighted by molar-refractivity contribution is -0.131. The number of nitrogens with one attached hydrogen (secondary N) is 1. The number of carbonyl (C=O) groups excluding carboxylic acids is 1. The SMILES string of the molecule is CC(C)C(C)(C)C(=O)NCCc1ccc(O)cc1. The molecule has 0 saturated carbocycles. The van der Waals surface area contributed by atoms with Crippen LogP contribution in [0.25, 0.3) is 0 Å². The summed E-state index contributed by atoms with van der Waals surface area (Å²) < 4.78 is 0. The fourth-order valence-electron chi connectivity index (χ4n) is 1.47. The van der Waals surface area contributed by atoms with Crippen LogP contribution < -0.4 is 5.32 Å². The second kappa shape index (κ2) is 5.89. The molecule has 0 fully saturated rings. The summed E-state index contributed by atoms with van der Waals surface area (Å²) in [5.41, 5.74) is 0.769. The zero-order valence-electron chi connectivity index (χ0n) is 11.7. The molecule has 0 saturated heterocycles. The normalized spacial score (nSPS) is 11.6. The summed E-state index contributed by atoms with van der Waals surface area (Å²) in [7, 11) is 0. The highest BCUT2D eigenvalue weighted by Crippen LogP contribution is 2.25. The number of hydrogen-bond acceptors (Lipinski definition) is 2. The van der Waals surface area contributed by atoms with Crippen molar-refractivity contribution in [3.8, 4) is 5.75 Å². The minimum absolute atomic E-state index is 0.0938. The van der Waals surface area contributed by atoms with E-state index in [0.717, 1.165) is 12.0 Å². The van der Waals surface area contributed by atoms with Gasteiger partial charge in [0.2, 0.25) is 5.91 Å². The Morgan fingerprint density at radius 2 is 1.83 bits per heavy atom. The van der Waals surface area contributed by atoms with Gasteiger partial charge in [0, 0.05) is 12.0 Å². The van der Waals surface area contributed by atoms with Crippen LogP contribution >= 0.6 is 0 Å². The summed E-state index contributed by atoms with van der Waals surface area (Å²) in [6, 6.07) is 7.06. The highest BCUT2D eigenvalue weighted by Gasteiger charge is 2.30. The van der Waals surface area contributed by atoms with E-state index in [-0.39, 0.29) is 17.1 Å². The summed E-state index contributed by atoms with van der Waals surface area (Å²) in [4.78, 5) is 12.0. The van der Waals surface area contributed by atoms with E-state index >= 15 is 0 Å². The summed E-state index contributed by atoms with van der Waals surface area (Å²) in [5, 5.41) is 12.1. The van der Waals surface area contributed by atoms with Crippen molar-refractivity contribution in [2.24, 2.45) is 11.3 Å². The molecule has 1 rings (SSSR count). The Balaban J connectivity index is 2.43. The maximum atomic E-state index is 12.0. The van der Waals surface area contributed by atoms with Gasteiger partial charge in [-0.15, -0.1) is 0 Å². The molecule has 0 aliphatic carbocycles. The number of phenolic OH excluding ortho intramolecular Hbond substituents is 1. The molecule has 0 unspecified atom stereocenters. The number of benzene rings is 1. The molecule has 0 heterocycles. The van der Waals surface area contributed by atoms with Crippen molar-refractivity contribution in [2.45, 2.75) is 34.1 Å². The second-order valence-corrected chi connectivity index (χ2v) is 5.55. The number of amides is 1. The van der Waals surface area contributed by atoms with Crippen LogP contribution in [0.5, 0.6) is 5.75 Å². The Morgan fingerprint density at radius 3 is 2.33 bits per heavy atom. The molecule has 0 aromatic heterocycles. The zero-order valence-corrected chi connectivity index (χ0v) is 11.7. The fourth-order valence-corrected chi connectivity index (χ4v) is 1.47. The Morgan fingerprint density at radius 1 is 1.28 bits per heavy atom. The van der Waals surface area contributed by atoms with Gasteiger partial charge in [-0.3, -0.25) is 4.79 Å². The van der Waals surface area contributed by atoms with Crippen molar-refractivity contribution in [3.05, 3.63) is 29.8 Å². The second-order valence-electron chi connectivity index (χ2n) is 5.55. The van der Waals surface area contributed by atoms with Crippen LogP contribution in [0.15, 0.2) is 24.3 Å². The van der Waals surface area contributed by atoms with Gasteiger partial charge in [0.25, 0.3) is 0 Å². The summed E-state index contributed by atoms with van der Waals surface area (Å²) in [5.74, 6) is 0.672. The van der Waals surface area contributed by atoms with E-state index in [4.69, 9.17) is 5.11 Å². The van der Waals surface area contributed by atoms with E-state index in [9.17, 15) is 4.79 Å². The van der Waals surface area contributed by atoms with E-state index in [2.05, 4.69) is 19.2 Å². The van der Waals surface area contributed by atoms with Gasteiger partial charge in [0.15, 0.2) is 0 Å². The van der Waals surface area contributed by atoms with Crippen LogP contribution in [0.1, 0.15) is 33.3 Å². The van der Waals surface area contributed by atoms with E-state index in [1.54, 1.807) is 12.1 Å². The molecule has 3 nitrogen and oxygen atoms in total. The smallest absolute Gasteiger partial charge is 0.225 e. The summed E-state index contributed by atoms with van der Waals surface area (Å²) in [6.45, 7) is 8.67. The fraction of sp³-hybridized carbons (Fsp3) is 0.533. The Kier molecular flexibility index (Phi) is 4.76. The molecular formula is C15H23NO2. The quantitative estimate of drug-likeness (QED) is 0.843. The molecule has 0 spiro atoms. The van der Waals surface area contributed by atoms with Crippen molar-refractivity contribution in [1.29, 1.82) is 0 Å². The third-order valence-electron chi connectivity index (χ3n) is 3.66. The van der Waals surface area contributed by atoms with Gasteiger partial charge in [0.05, 0.1) is 0 Å². The summed E-state index contributed by atoms with van der Waals surface area (Å²) in [6.07, 6.45) is 0.778. The molecule has 0 aliphatic rings. The van der Waals surface area contributed by atoms with Gasteiger partial charge >= 0.3 is 0 Å². The molecule has 0 atom stereocenters. The van der Waals surface area contributed by atoms with Crippen LogP contribution in [-0.4, -0.2) is 17.6 Å². The van der Waals surface area contributed by atoms with Crippen molar-refractivity contribution < 1.29 is 9.90 Å². The minimum Gasteiger partial charge on any atom is -0.508 e. The van der Waals surface area contributed by atoms with Crippen molar-refractivity contribution in [1.82, 2.24) is 5.32 Å². The lowest BCUT2D eigenvalue weighted by Gasteiger charge is -2.27.